The van der Waals surface area contributed by atoms with Gasteiger partial charge in [-0.05, 0) is 38.1 Å². The maximum absolute atomic E-state index is 11.9. The number of carbonyl (C=O) groups is 1. The molecule has 5 heteroatoms. The van der Waals surface area contributed by atoms with Crippen LogP contribution in [0.25, 0.3) is 0 Å². The summed E-state index contributed by atoms with van der Waals surface area (Å²) in [7, 11) is 0. The minimum Gasteiger partial charge on any atom is -0.491 e. The molecule has 1 aromatic rings. The third-order valence-electron chi connectivity index (χ3n) is 2.75. The maximum atomic E-state index is 11.9. The van der Waals surface area contributed by atoms with Gasteiger partial charge >= 0.3 is 5.97 Å². The van der Waals surface area contributed by atoms with Crippen LogP contribution < -0.4 is 10.1 Å². The second-order valence-corrected chi connectivity index (χ2v) is 4.75. The van der Waals surface area contributed by atoms with Gasteiger partial charge in [-0.25, -0.2) is 4.79 Å². The second kappa shape index (κ2) is 6.54. The molecule has 0 spiro atoms. The van der Waals surface area contributed by atoms with Gasteiger partial charge in [-0.2, -0.15) is 0 Å². The van der Waals surface area contributed by atoms with Gasteiger partial charge in [0, 0.05) is 26.2 Å². The van der Waals surface area contributed by atoms with Crippen molar-refractivity contribution < 1.29 is 14.4 Å². The minimum atomic E-state index is -0.321. The van der Waals surface area contributed by atoms with Crippen molar-refractivity contribution in [2.45, 2.75) is 20.0 Å². The molecule has 0 unspecified atom stereocenters. The van der Waals surface area contributed by atoms with E-state index in [2.05, 4.69) is 5.32 Å². The standard InChI is InChI=1S/C14H20N2O3/c1-11(2)18-13-5-3-12(4-6-13)14(17)19-16-9-7-15-8-10-16/h3-6,11,15H,7-10H2,1-2H3. The fourth-order valence-electron chi connectivity index (χ4n) is 1.85. The van der Waals surface area contributed by atoms with Crippen molar-refractivity contribution in [3.8, 4) is 5.75 Å². The maximum Gasteiger partial charge on any atom is 0.357 e. The predicted molar refractivity (Wildman–Crippen MR) is 72.1 cm³/mol. The van der Waals surface area contributed by atoms with Crippen molar-refractivity contribution in [1.82, 2.24) is 10.4 Å². The van der Waals surface area contributed by atoms with E-state index in [-0.39, 0.29) is 12.1 Å². The number of nitrogens with one attached hydrogen (secondary N) is 1. The molecule has 0 aliphatic carbocycles. The van der Waals surface area contributed by atoms with Gasteiger partial charge in [-0.15, -0.1) is 5.06 Å². The Kier molecular flexibility index (Phi) is 4.76. The molecular weight excluding hydrogens is 244 g/mol. The molecule has 1 aliphatic rings. The minimum absolute atomic E-state index is 0.124. The zero-order valence-corrected chi connectivity index (χ0v) is 11.4. The van der Waals surface area contributed by atoms with Gasteiger partial charge in [-0.1, -0.05) is 0 Å². The van der Waals surface area contributed by atoms with Crippen LogP contribution in [-0.2, 0) is 4.84 Å². The first-order valence-corrected chi connectivity index (χ1v) is 6.60. The van der Waals surface area contributed by atoms with E-state index >= 15 is 0 Å². The Morgan fingerprint density at radius 2 is 1.84 bits per heavy atom. The van der Waals surface area contributed by atoms with E-state index in [9.17, 15) is 4.79 Å². The lowest BCUT2D eigenvalue weighted by Crippen LogP contribution is -2.44. The highest BCUT2D eigenvalue weighted by atomic mass is 16.7. The van der Waals surface area contributed by atoms with Gasteiger partial charge in [0.1, 0.15) is 5.75 Å². The van der Waals surface area contributed by atoms with Crippen LogP contribution in [0.2, 0.25) is 0 Å². The summed E-state index contributed by atoms with van der Waals surface area (Å²) in [5, 5.41) is 4.90. The van der Waals surface area contributed by atoms with Crippen molar-refractivity contribution >= 4 is 5.97 Å². The molecule has 1 fully saturated rings. The summed E-state index contributed by atoms with van der Waals surface area (Å²) >= 11 is 0. The molecular formula is C14H20N2O3. The predicted octanol–water partition coefficient (Wildman–Crippen LogP) is 1.45. The fourth-order valence-corrected chi connectivity index (χ4v) is 1.85. The Labute approximate surface area is 113 Å². The Morgan fingerprint density at radius 1 is 1.21 bits per heavy atom. The summed E-state index contributed by atoms with van der Waals surface area (Å²) in [4.78, 5) is 17.2. The van der Waals surface area contributed by atoms with Crippen LogP contribution in [0.1, 0.15) is 24.2 Å². The molecule has 2 rings (SSSR count). The van der Waals surface area contributed by atoms with Crippen LogP contribution in [0.4, 0.5) is 0 Å². The summed E-state index contributed by atoms with van der Waals surface area (Å²) in [6.07, 6.45) is 0.124. The number of benzene rings is 1. The number of piperazine rings is 1. The third kappa shape index (κ3) is 4.22. The molecule has 0 amide bonds. The fraction of sp³-hybridized carbons (Fsp3) is 0.500. The Hall–Kier alpha value is -1.59. The summed E-state index contributed by atoms with van der Waals surface area (Å²) in [5.41, 5.74) is 0.537. The second-order valence-electron chi connectivity index (χ2n) is 4.75. The van der Waals surface area contributed by atoms with Crippen molar-refractivity contribution in [3.05, 3.63) is 29.8 Å². The molecule has 0 aromatic heterocycles. The SMILES string of the molecule is CC(C)Oc1ccc(C(=O)ON2CCNCC2)cc1. The Morgan fingerprint density at radius 3 is 2.42 bits per heavy atom. The molecule has 0 radical (unpaired) electrons. The molecule has 1 saturated heterocycles. The van der Waals surface area contributed by atoms with E-state index in [0.29, 0.717) is 5.56 Å². The van der Waals surface area contributed by atoms with Gasteiger partial charge in [0.2, 0.25) is 0 Å². The Balaban J connectivity index is 1.91. The van der Waals surface area contributed by atoms with Gasteiger partial charge < -0.3 is 14.9 Å². The number of ether oxygens (including phenoxy) is 1. The summed E-state index contributed by atoms with van der Waals surface area (Å²) in [6.45, 7) is 7.06. The van der Waals surface area contributed by atoms with Crippen LogP contribution >= 0.6 is 0 Å². The molecule has 0 atom stereocenters. The first-order valence-electron chi connectivity index (χ1n) is 6.60. The van der Waals surface area contributed by atoms with Crippen LogP contribution in [0.5, 0.6) is 5.75 Å². The van der Waals surface area contributed by atoms with Gasteiger partial charge in [-0.3, -0.25) is 0 Å². The van der Waals surface area contributed by atoms with Crippen molar-refractivity contribution in [2.24, 2.45) is 0 Å². The summed E-state index contributed by atoms with van der Waals surface area (Å²) in [6, 6.07) is 7.02. The van der Waals surface area contributed by atoms with Gasteiger partial charge in [0.25, 0.3) is 0 Å². The van der Waals surface area contributed by atoms with Crippen molar-refractivity contribution in [2.75, 3.05) is 26.2 Å². The van der Waals surface area contributed by atoms with E-state index in [0.717, 1.165) is 31.9 Å². The van der Waals surface area contributed by atoms with Crippen molar-refractivity contribution in [3.63, 3.8) is 0 Å². The monoisotopic (exact) mass is 264 g/mol. The van der Waals surface area contributed by atoms with E-state index in [1.165, 1.54) is 0 Å². The van der Waals surface area contributed by atoms with Crippen LogP contribution in [0.15, 0.2) is 24.3 Å². The number of nitrogens with zero attached hydrogens (tertiary/aromatic N) is 1. The molecule has 0 saturated carbocycles. The molecule has 1 aliphatic heterocycles. The average molecular weight is 264 g/mol. The number of hydrogen-bond donors (Lipinski definition) is 1. The van der Waals surface area contributed by atoms with E-state index in [1.807, 2.05) is 13.8 Å². The number of carbonyl (C=O) groups excluding carboxylic acids is 1. The number of hydrogen-bond acceptors (Lipinski definition) is 5. The molecule has 1 heterocycles. The Bertz CT molecular complexity index is 411. The van der Waals surface area contributed by atoms with Crippen LogP contribution in [-0.4, -0.2) is 43.3 Å². The zero-order valence-electron chi connectivity index (χ0n) is 11.4. The zero-order chi connectivity index (χ0) is 13.7. The molecule has 0 bridgehead atoms. The van der Waals surface area contributed by atoms with E-state index in [1.54, 1.807) is 29.3 Å². The largest absolute Gasteiger partial charge is 0.491 e. The third-order valence-corrected chi connectivity index (χ3v) is 2.75. The van der Waals surface area contributed by atoms with E-state index in [4.69, 9.17) is 9.57 Å². The lowest BCUT2D eigenvalue weighted by Gasteiger charge is -2.25. The quantitative estimate of drug-likeness (QED) is 0.892. The van der Waals surface area contributed by atoms with Crippen molar-refractivity contribution in [1.29, 1.82) is 0 Å². The van der Waals surface area contributed by atoms with Gasteiger partial charge in [0.15, 0.2) is 0 Å². The molecule has 5 nitrogen and oxygen atoms in total. The molecule has 104 valence electrons. The normalized spacial score (nSPS) is 16.4. The number of rotatable bonds is 4. The summed E-state index contributed by atoms with van der Waals surface area (Å²) in [5.74, 6) is 0.437. The molecule has 1 N–H and O–H groups in total. The topological polar surface area (TPSA) is 50.8 Å². The van der Waals surface area contributed by atoms with Crippen LogP contribution in [0.3, 0.4) is 0 Å². The average Bonchev–Trinajstić information content (AvgIpc) is 2.40. The first-order chi connectivity index (χ1) is 9.15. The molecule has 19 heavy (non-hydrogen) atoms. The summed E-state index contributed by atoms with van der Waals surface area (Å²) < 4.78 is 5.53. The smallest absolute Gasteiger partial charge is 0.357 e. The lowest BCUT2D eigenvalue weighted by molar-refractivity contribution is -0.115. The van der Waals surface area contributed by atoms with Crippen LogP contribution in [0, 0.1) is 0 Å². The first kappa shape index (κ1) is 13.8. The molecule has 1 aromatic carbocycles. The highest BCUT2D eigenvalue weighted by Gasteiger charge is 2.16. The van der Waals surface area contributed by atoms with Gasteiger partial charge in [0.05, 0.1) is 11.7 Å². The highest BCUT2D eigenvalue weighted by molar-refractivity contribution is 5.89. The highest BCUT2D eigenvalue weighted by Crippen LogP contribution is 2.14. The lowest BCUT2D eigenvalue weighted by atomic mass is 10.2. The number of hydroxylamine groups is 2. The van der Waals surface area contributed by atoms with E-state index < -0.39 is 0 Å².